The maximum atomic E-state index is 13.2. The Kier molecular flexibility index (Phi) is 3.00. The first-order valence-electron chi connectivity index (χ1n) is 6.54. The molecule has 1 unspecified atom stereocenters. The number of rotatable bonds is 2. The Labute approximate surface area is 115 Å². The van der Waals surface area contributed by atoms with Gasteiger partial charge in [-0.25, -0.2) is 9.82 Å². The van der Waals surface area contributed by atoms with E-state index in [-0.39, 0.29) is 17.6 Å². The molecular formula is C14H15FN4O. The van der Waals surface area contributed by atoms with E-state index in [1.807, 2.05) is 13.8 Å². The second-order valence-corrected chi connectivity index (χ2v) is 5.08. The maximum Gasteiger partial charge on any atom is 0.247 e. The highest BCUT2D eigenvalue weighted by Crippen LogP contribution is 2.33. The molecular weight excluding hydrogens is 259 g/mol. The third kappa shape index (κ3) is 2.07. The lowest BCUT2D eigenvalue weighted by Crippen LogP contribution is -2.29. The van der Waals surface area contributed by atoms with Crippen LogP contribution in [0.25, 0.3) is 0 Å². The van der Waals surface area contributed by atoms with Crippen LogP contribution in [0.15, 0.2) is 18.2 Å². The van der Waals surface area contributed by atoms with Crippen molar-refractivity contribution >= 4 is 5.91 Å². The Morgan fingerprint density at radius 2 is 2.25 bits per heavy atom. The van der Waals surface area contributed by atoms with Gasteiger partial charge in [-0.1, -0.05) is 6.07 Å². The van der Waals surface area contributed by atoms with Gasteiger partial charge in [0.15, 0.2) is 0 Å². The summed E-state index contributed by atoms with van der Waals surface area (Å²) >= 11 is 0. The molecule has 0 aliphatic heterocycles. The molecule has 0 bridgehead atoms. The molecule has 20 heavy (non-hydrogen) atoms. The number of hydrogen-bond acceptors (Lipinski definition) is 3. The van der Waals surface area contributed by atoms with E-state index < -0.39 is 0 Å². The molecule has 1 aliphatic carbocycles. The molecule has 1 aromatic carbocycles. The monoisotopic (exact) mass is 274 g/mol. The van der Waals surface area contributed by atoms with Gasteiger partial charge in [-0.05, 0) is 55.2 Å². The number of nitrogens with zero attached hydrogens (tertiary/aromatic N) is 3. The molecule has 1 aliphatic rings. The summed E-state index contributed by atoms with van der Waals surface area (Å²) in [5, 5.41) is 7.77. The number of halogens is 1. The van der Waals surface area contributed by atoms with Gasteiger partial charge in [0.2, 0.25) is 5.91 Å². The van der Waals surface area contributed by atoms with E-state index in [1.165, 1.54) is 16.9 Å². The predicted octanol–water partition coefficient (Wildman–Crippen LogP) is 1.83. The molecule has 3 rings (SSSR count). The van der Waals surface area contributed by atoms with Gasteiger partial charge in [-0.3, -0.25) is 4.79 Å². The van der Waals surface area contributed by atoms with Crippen LogP contribution in [0.4, 0.5) is 4.39 Å². The zero-order valence-electron chi connectivity index (χ0n) is 11.4. The van der Waals surface area contributed by atoms with Gasteiger partial charge in [0.25, 0.3) is 0 Å². The highest BCUT2D eigenvalue weighted by Gasteiger charge is 2.29. The summed E-state index contributed by atoms with van der Waals surface area (Å²) in [6, 6.07) is 4.60. The van der Waals surface area contributed by atoms with Gasteiger partial charge < -0.3 is 0 Å². The number of hydrogen-bond donors (Lipinski definition) is 1. The average Bonchev–Trinajstić information content (AvgIpc) is 2.96. The number of aryl methyl sites for hydroxylation is 2. The van der Waals surface area contributed by atoms with E-state index in [2.05, 4.69) is 15.7 Å². The van der Waals surface area contributed by atoms with Crippen LogP contribution in [0, 0.1) is 19.7 Å². The maximum absolute atomic E-state index is 13.2. The topological polar surface area (TPSA) is 59.8 Å². The minimum absolute atomic E-state index is 0.136. The Morgan fingerprint density at radius 3 is 2.95 bits per heavy atom. The van der Waals surface area contributed by atoms with Crippen molar-refractivity contribution < 1.29 is 9.18 Å². The van der Waals surface area contributed by atoms with Crippen molar-refractivity contribution in [3.8, 4) is 0 Å². The summed E-state index contributed by atoms with van der Waals surface area (Å²) in [5.41, 5.74) is 6.13. The highest BCUT2D eigenvalue weighted by atomic mass is 19.1. The summed E-state index contributed by atoms with van der Waals surface area (Å²) in [5.74, 6) is -0.648. The van der Waals surface area contributed by atoms with E-state index in [9.17, 15) is 9.18 Å². The van der Waals surface area contributed by atoms with E-state index in [1.54, 1.807) is 6.07 Å². The Morgan fingerprint density at radius 1 is 1.45 bits per heavy atom. The number of nitrogens with one attached hydrogen (secondary N) is 1. The fourth-order valence-electron chi connectivity index (χ4n) is 2.55. The Hall–Kier alpha value is -2.24. The summed E-state index contributed by atoms with van der Waals surface area (Å²) in [6.07, 6.45) is 1.41. The third-order valence-electron chi connectivity index (χ3n) is 3.84. The smallest absolute Gasteiger partial charge is 0.247 e. The zero-order valence-corrected chi connectivity index (χ0v) is 11.4. The summed E-state index contributed by atoms with van der Waals surface area (Å²) in [4.78, 5) is 13.7. The molecule has 1 atom stereocenters. The van der Waals surface area contributed by atoms with Crippen LogP contribution < -0.4 is 5.43 Å². The van der Waals surface area contributed by atoms with Crippen molar-refractivity contribution in [2.75, 3.05) is 5.43 Å². The fourth-order valence-corrected chi connectivity index (χ4v) is 2.55. The fraction of sp³-hybridized carbons (Fsp3) is 0.357. The molecule has 1 N–H and O–H groups in total. The minimum atomic E-state index is -0.257. The number of aromatic nitrogens is 3. The number of fused-ring (bicyclic) bond motifs is 1. The lowest BCUT2D eigenvalue weighted by molar-refractivity contribution is -0.118. The van der Waals surface area contributed by atoms with Crippen LogP contribution in [0.1, 0.15) is 34.9 Å². The molecule has 1 aromatic heterocycles. The Balaban J connectivity index is 1.82. The van der Waals surface area contributed by atoms with Crippen molar-refractivity contribution in [3.05, 3.63) is 46.5 Å². The van der Waals surface area contributed by atoms with Gasteiger partial charge >= 0.3 is 0 Å². The molecule has 0 saturated carbocycles. The van der Waals surface area contributed by atoms with Crippen molar-refractivity contribution in [2.45, 2.75) is 32.6 Å². The van der Waals surface area contributed by atoms with Gasteiger partial charge in [0, 0.05) is 0 Å². The average molecular weight is 274 g/mol. The molecule has 1 heterocycles. The van der Waals surface area contributed by atoms with Crippen molar-refractivity contribution in [3.63, 3.8) is 0 Å². The highest BCUT2D eigenvalue weighted by molar-refractivity contribution is 5.91. The molecule has 2 aromatic rings. The van der Waals surface area contributed by atoms with Crippen LogP contribution in [-0.2, 0) is 11.2 Å². The van der Waals surface area contributed by atoms with E-state index in [0.717, 1.165) is 28.9 Å². The number of carbonyl (C=O) groups excluding carboxylic acids is 1. The van der Waals surface area contributed by atoms with E-state index in [0.29, 0.717) is 6.42 Å². The summed E-state index contributed by atoms with van der Waals surface area (Å²) < 4.78 is 13.2. The first-order chi connectivity index (χ1) is 9.56. The van der Waals surface area contributed by atoms with Gasteiger partial charge in [-0.15, -0.1) is 5.10 Å². The van der Waals surface area contributed by atoms with Crippen LogP contribution in [0.5, 0.6) is 0 Å². The quantitative estimate of drug-likeness (QED) is 0.909. The summed E-state index contributed by atoms with van der Waals surface area (Å²) in [6.45, 7) is 3.67. The van der Waals surface area contributed by atoms with Crippen molar-refractivity contribution in [1.29, 1.82) is 0 Å². The molecule has 0 radical (unpaired) electrons. The second kappa shape index (κ2) is 4.70. The molecule has 0 fully saturated rings. The molecule has 6 heteroatoms. The second-order valence-electron chi connectivity index (χ2n) is 5.08. The predicted molar refractivity (Wildman–Crippen MR) is 71.3 cm³/mol. The molecule has 0 spiro atoms. The van der Waals surface area contributed by atoms with Crippen LogP contribution >= 0.6 is 0 Å². The molecule has 104 valence electrons. The standard InChI is InChI=1S/C14H15FN4O/c1-8-9(2)19(18-16-8)17-14(20)13-5-3-10-7-11(15)4-6-12(10)13/h4,6-7,13H,3,5H2,1-2H3,(H,17,20). The van der Waals surface area contributed by atoms with E-state index >= 15 is 0 Å². The van der Waals surface area contributed by atoms with Crippen LogP contribution in [0.3, 0.4) is 0 Å². The lowest BCUT2D eigenvalue weighted by Gasteiger charge is -2.12. The molecule has 1 amide bonds. The molecule has 5 nitrogen and oxygen atoms in total. The third-order valence-corrected chi connectivity index (χ3v) is 3.84. The Bertz CT molecular complexity index is 680. The first kappa shape index (κ1) is 12.8. The van der Waals surface area contributed by atoms with E-state index in [4.69, 9.17) is 0 Å². The zero-order chi connectivity index (χ0) is 14.3. The van der Waals surface area contributed by atoms with Gasteiger partial charge in [0.05, 0.1) is 17.3 Å². The lowest BCUT2D eigenvalue weighted by atomic mass is 10.0. The normalized spacial score (nSPS) is 17.1. The van der Waals surface area contributed by atoms with Crippen molar-refractivity contribution in [2.24, 2.45) is 0 Å². The van der Waals surface area contributed by atoms with Gasteiger partial charge in [-0.2, -0.15) is 4.79 Å². The SMILES string of the molecule is Cc1nnn(NC(=O)C2CCc3cc(F)ccc32)c1C. The van der Waals surface area contributed by atoms with Crippen molar-refractivity contribution in [1.82, 2.24) is 15.1 Å². The van der Waals surface area contributed by atoms with Gasteiger partial charge in [0.1, 0.15) is 5.82 Å². The van der Waals surface area contributed by atoms with Crippen LogP contribution in [-0.4, -0.2) is 21.0 Å². The largest absolute Gasteiger partial charge is 0.272 e. The van der Waals surface area contributed by atoms with Crippen LogP contribution in [0.2, 0.25) is 0 Å². The number of carbonyl (C=O) groups is 1. The first-order valence-corrected chi connectivity index (χ1v) is 6.54. The minimum Gasteiger partial charge on any atom is -0.272 e. The molecule has 0 saturated heterocycles. The summed E-state index contributed by atoms with van der Waals surface area (Å²) in [7, 11) is 0. The number of amides is 1. The number of benzene rings is 1.